The summed E-state index contributed by atoms with van der Waals surface area (Å²) < 4.78 is 15.9. The zero-order valence-corrected chi connectivity index (χ0v) is 30.2. The number of halogens is 1. The Morgan fingerprint density at radius 3 is 2.40 bits per heavy atom. The number of hydrogen-bond donors (Lipinski definition) is 1. The largest absolute Gasteiger partial charge is 0.493 e. The Kier molecular flexibility index (Phi) is 25.1. The maximum atomic E-state index is 12.0. The van der Waals surface area contributed by atoms with Crippen LogP contribution >= 0.6 is 11.6 Å². The minimum absolute atomic E-state index is 0.00569. The van der Waals surface area contributed by atoms with Gasteiger partial charge in [-0.15, -0.1) is 16.7 Å². The van der Waals surface area contributed by atoms with Crippen LogP contribution in [0.5, 0.6) is 11.5 Å². The summed E-state index contributed by atoms with van der Waals surface area (Å²) in [6.07, 6.45) is 18.4. The first-order chi connectivity index (χ1) is 24.2. The Bertz CT molecular complexity index is 1280. The zero-order chi connectivity index (χ0) is 36.8. The van der Waals surface area contributed by atoms with Crippen molar-refractivity contribution in [3.8, 4) is 11.5 Å². The highest BCUT2D eigenvalue weighted by atomic mass is 35.5. The fourth-order valence-electron chi connectivity index (χ4n) is 4.65. The van der Waals surface area contributed by atoms with E-state index in [0.29, 0.717) is 37.9 Å². The molecule has 1 atom stereocenters. The number of unbranched alkanes of at least 4 members (excludes halogenated alkanes) is 2. The molecule has 1 aliphatic rings. The van der Waals surface area contributed by atoms with Gasteiger partial charge in [-0.2, -0.15) is 0 Å². The van der Waals surface area contributed by atoms with Crippen molar-refractivity contribution in [2.45, 2.75) is 90.0 Å². The lowest BCUT2D eigenvalue weighted by molar-refractivity contribution is -0.757. The molecule has 50 heavy (non-hydrogen) atoms. The molecule has 12 heteroatoms. The van der Waals surface area contributed by atoms with E-state index in [9.17, 15) is 24.5 Å². The number of allylic oxidation sites excluding steroid dienone is 2. The van der Waals surface area contributed by atoms with Gasteiger partial charge in [0.15, 0.2) is 0 Å². The van der Waals surface area contributed by atoms with Gasteiger partial charge in [0, 0.05) is 25.0 Å². The monoisotopic (exact) mass is 716 g/mol. The highest BCUT2D eigenvalue weighted by Gasteiger charge is 2.17. The van der Waals surface area contributed by atoms with Crippen LogP contribution < -0.4 is 14.8 Å². The summed E-state index contributed by atoms with van der Waals surface area (Å²) in [6, 6.07) is 14.1. The average molecular weight is 717 g/mol. The Morgan fingerprint density at radius 1 is 1.02 bits per heavy atom. The number of amides is 1. The van der Waals surface area contributed by atoms with Crippen LogP contribution in [0.4, 0.5) is 0 Å². The van der Waals surface area contributed by atoms with E-state index in [-0.39, 0.29) is 12.5 Å². The molecule has 1 N–H and O–H groups in total. The molecule has 1 fully saturated rings. The average Bonchev–Trinajstić information content (AvgIpc) is 3.11. The third kappa shape index (κ3) is 23.2. The van der Waals surface area contributed by atoms with Crippen molar-refractivity contribution in [3.05, 3.63) is 94.0 Å². The van der Waals surface area contributed by atoms with Crippen molar-refractivity contribution in [3.63, 3.8) is 0 Å². The molecule has 0 aliphatic heterocycles. The first-order valence-electron chi connectivity index (χ1n) is 17.1. The standard InChI is InChI=1S/C18H25NO4.C16H21ClO.C4H7NO4/c1-4-5-6-7-17(20)19-14(2)18(21)23-16-10-8-15(9-11-16)12-13-22-3;17-15-10-6-11-16(13-15)18-12-5-4-9-14-7-2-1-3-8-14;6-3-1-2-4-9-5(7)8/h4,8-11,14H,1,5-7,12-13H2,2-3H3,(H,19,20);4,6,9-11,13-14H,1-3,5,7-8,12H2;3H,1-2,4H2/b;9-4+;. The van der Waals surface area contributed by atoms with Gasteiger partial charge in [-0.3, -0.25) is 4.79 Å². The second-order valence-corrected chi connectivity index (χ2v) is 12.0. The summed E-state index contributed by atoms with van der Waals surface area (Å²) in [6.45, 7) is 6.59. The van der Waals surface area contributed by atoms with Gasteiger partial charge in [0.05, 0.1) is 19.8 Å². The number of carbonyl (C=O) groups excluding carboxylic acids is 3. The fraction of sp³-hybridized carbons (Fsp3) is 0.500. The van der Waals surface area contributed by atoms with Crippen molar-refractivity contribution < 1.29 is 38.5 Å². The Labute approximate surface area is 301 Å². The van der Waals surface area contributed by atoms with E-state index < -0.39 is 17.1 Å². The van der Waals surface area contributed by atoms with Crippen molar-refractivity contribution in [2.24, 2.45) is 5.92 Å². The molecule has 1 unspecified atom stereocenters. The van der Waals surface area contributed by atoms with Crippen molar-refractivity contribution in [1.82, 2.24) is 5.32 Å². The van der Waals surface area contributed by atoms with Gasteiger partial charge in [-0.25, -0.2) is 4.79 Å². The second kappa shape index (κ2) is 28.6. The van der Waals surface area contributed by atoms with E-state index in [1.807, 2.05) is 36.4 Å². The van der Waals surface area contributed by atoms with Gasteiger partial charge in [-0.05, 0) is 93.7 Å². The summed E-state index contributed by atoms with van der Waals surface area (Å²) in [4.78, 5) is 46.6. The van der Waals surface area contributed by atoms with Crippen LogP contribution in [0.2, 0.25) is 5.02 Å². The second-order valence-electron chi connectivity index (χ2n) is 11.6. The number of nitrogens with zero attached hydrogens (tertiary/aromatic N) is 1. The molecular weight excluding hydrogens is 664 g/mol. The van der Waals surface area contributed by atoms with Crippen molar-refractivity contribution >= 4 is 29.8 Å². The van der Waals surface area contributed by atoms with Crippen LogP contribution in [0, 0.1) is 16.0 Å². The SMILES string of the molecule is C=CCCCC(=O)NC(C)C(=O)Oc1ccc(CCOC)cc1.Clc1cccc(OCC/C=C/C2CCCCC2)c1.O=CCCCO[N+](=O)[O-]. The third-order valence-corrected chi connectivity index (χ3v) is 7.59. The quantitative estimate of drug-likeness (QED) is 0.0274. The molecule has 276 valence electrons. The van der Waals surface area contributed by atoms with Gasteiger partial charge in [-0.1, -0.05) is 67.3 Å². The maximum Gasteiger partial charge on any atom is 0.333 e. The lowest BCUT2D eigenvalue weighted by Crippen LogP contribution is -2.40. The third-order valence-electron chi connectivity index (χ3n) is 7.35. The molecule has 3 rings (SSSR count). The van der Waals surface area contributed by atoms with E-state index in [4.69, 9.17) is 25.8 Å². The van der Waals surface area contributed by atoms with Crippen LogP contribution in [0.1, 0.15) is 83.1 Å². The molecule has 0 heterocycles. The Balaban J connectivity index is 0.000000410. The molecule has 2 aromatic rings. The van der Waals surface area contributed by atoms with Crippen LogP contribution in [-0.2, 0) is 30.4 Å². The molecule has 1 aliphatic carbocycles. The number of esters is 1. The van der Waals surface area contributed by atoms with Crippen LogP contribution in [0.15, 0.2) is 73.3 Å². The number of nitrogens with one attached hydrogen (secondary N) is 1. The number of aldehydes is 1. The van der Waals surface area contributed by atoms with Crippen LogP contribution in [0.3, 0.4) is 0 Å². The summed E-state index contributed by atoms with van der Waals surface area (Å²) in [7, 11) is 1.66. The van der Waals surface area contributed by atoms with E-state index >= 15 is 0 Å². The number of carbonyl (C=O) groups is 3. The number of methoxy groups -OCH3 is 1. The van der Waals surface area contributed by atoms with Crippen molar-refractivity contribution in [1.29, 1.82) is 0 Å². The van der Waals surface area contributed by atoms with E-state index in [1.54, 1.807) is 32.2 Å². The number of ether oxygens (including phenoxy) is 3. The number of benzene rings is 2. The van der Waals surface area contributed by atoms with Gasteiger partial charge >= 0.3 is 5.97 Å². The molecule has 0 radical (unpaired) electrons. The van der Waals surface area contributed by atoms with E-state index in [0.717, 1.165) is 54.5 Å². The molecule has 0 bridgehead atoms. The molecular formula is C38H53ClN2O9. The molecule has 11 nitrogen and oxygen atoms in total. The lowest BCUT2D eigenvalue weighted by Gasteiger charge is -2.17. The van der Waals surface area contributed by atoms with Gasteiger partial charge < -0.3 is 29.2 Å². The molecule has 1 amide bonds. The van der Waals surface area contributed by atoms with Crippen LogP contribution in [0.25, 0.3) is 0 Å². The smallest absolute Gasteiger partial charge is 0.333 e. The predicted octanol–water partition coefficient (Wildman–Crippen LogP) is 8.06. The molecule has 1 saturated carbocycles. The lowest BCUT2D eigenvalue weighted by atomic mass is 9.89. The molecule has 0 aromatic heterocycles. The van der Waals surface area contributed by atoms with Crippen LogP contribution in [-0.4, -0.2) is 56.2 Å². The topological polar surface area (TPSA) is 143 Å². The summed E-state index contributed by atoms with van der Waals surface area (Å²) in [5, 5.41) is 11.9. The van der Waals surface area contributed by atoms with Gasteiger partial charge in [0.25, 0.3) is 5.09 Å². The van der Waals surface area contributed by atoms with Gasteiger partial charge in [0.1, 0.15) is 23.8 Å². The summed E-state index contributed by atoms with van der Waals surface area (Å²) in [5.74, 6) is 1.49. The highest BCUT2D eigenvalue weighted by molar-refractivity contribution is 6.30. The van der Waals surface area contributed by atoms with E-state index in [2.05, 4.69) is 28.9 Å². The molecule has 2 aromatic carbocycles. The number of hydrogen-bond acceptors (Lipinski definition) is 9. The zero-order valence-electron chi connectivity index (χ0n) is 29.4. The normalized spacial score (nSPS) is 13.0. The summed E-state index contributed by atoms with van der Waals surface area (Å²) >= 11 is 5.89. The minimum atomic E-state index is -0.870. The van der Waals surface area contributed by atoms with Crippen molar-refractivity contribution in [2.75, 3.05) is 26.9 Å². The molecule has 0 saturated heterocycles. The summed E-state index contributed by atoms with van der Waals surface area (Å²) in [5.41, 5.74) is 1.11. The fourth-order valence-corrected chi connectivity index (χ4v) is 4.83. The predicted molar refractivity (Wildman–Crippen MR) is 195 cm³/mol. The maximum absolute atomic E-state index is 12.0. The molecule has 0 spiro atoms. The number of rotatable bonds is 20. The Morgan fingerprint density at radius 2 is 1.76 bits per heavy atom. The highest BCUT2D eigenvalue weighted by Crippen LogP contribution is 2.24. The van der Waals surface area contributed by atoms with Gasteiger partial charge in [0.2, 0.25) is 5.91 Å². The Hall–Kier alpha value is -4.22. The van der Waals surface area contributed by atoms with E-state index in [1.165, 1.54) is 32.1 Å². The first-order valence-corrected chi connectivity index (χ1v) is 17.5. The first kappa shape index (κ1) is 43.8. The minimum Gasteiger partial charge on any atom is -0.493 e.